The number of ether oxygens (including phenoxy) is 2. The lowest BCUT2D eigenvalue weighted by atomic mass is 9.77. The minimum absolute atomic E-state index is 0.0168. The van der Waals surface area contributed by atoms with E-state index in [2.05, 4.69) is 27.6 Å². The van der Waals surface area contributed by atoms with Crippen LogP contribution in [0.3, 0.4) is 0 Å². The number of benzene rings is 2. The van der Waals surface area contributed by atoms with E-state index in [-0.39, 0.29) is 17.6 Å². The van der Waals surface area contributed by atoms with Crippen molar-refractivity contribution in [2.45, 2.75) is 43.0 Å². The van der Waals surface area contributed by atoms with Gasteiger partial charge >= 0.3 is 18.1 Å². The second-order valence-electron chi connectivity index (χ2n) is 9.24. The number of aromatic nitrogens is 3. The van der Waals surface area contributed by atoms with Gasteiger partial charge in [0.1, 0.15) is 12.1 Å². The van der Waals surface area contributed by atoms with Gasteiger partial charge in [0, 0.05) is 17.2 Å². The van der Waals surface area contributed by atoms with E-state index in [0.717, 1.165) is 42.3 Å². The van der Waals surface area contributed by atoms with Gasteiger partial charge in [0.2, 0.25) is 5.82 Å². The second-order valence-corrected chi connectivity index (χ2v) is 9.24. The van der Waals surface area contributed by atoms with Crippen molar-refractivity contribution in [2.24, 2.45) is 0 Å². The molecule has 2 aliphatic heterocycles. The summed E-state index contributed by atoms with van der Waals surface area (Å²) in [6.07, 6.45) is -0.858. The number of carboxylic acid groups (broad SMARTS) is 2. The zero-order valence-corrected chi connectivity index (χ0v) is 20.9. The zero-order chi connectivity index (χ0) is 28.2. The number of hydrogen-bond acceptors (Lipinski definition) is 7. The average Bonchev–Trinajstić information content (AvgIpc) is 3.58. The largest absolute Gasteiger partial charge is 0.496 e. The summed E-state index contributed by atoms with van der Waals surface area (Å²) in [4.78, 5) is 18.2. The van der Waals surface area contributed by atoms with Gasteiger partial charge in [0.05, 0.1) is 25.4 Å². The maximum absolute atomic E-state index is 13.4. The van der Waals surface area contributed by atoms with Crippen LogP contribution in [0.1, 0.15) is 48.2 Å². The predicted molar refractivity (Wildman–Crippen MR) is 131 cm³/mol. The smallest absolute Gasteiger partial charge is 0.452 e. The van der Waals surface area contributed by atoms with E-state index in [4.69, 9.17) is 29.3 Å². The summed E-state index contributed by atoms with van der Waals surface area (Å²) in [6, 6.07) is 15.3. The third-order valence-corrected chi connectivity index (χ3v) is 6.86. The van der Waals surface area contributed by atoms with Crippen molar-refractivity contribution in [3.8, 4) is 11.4 Å². The standard InChI is InChI=1S/C24H25F3N4O2.C2H2O4/c1-32-20-9-8-18(31-15-29-30-22(31)24(25,26)27)12-19(20)17-13-23(33-14-17)10-5-11-28-21(23)16-6-3-2-4-7-16;3-1(4)2(5)6/h2-4,6-9,12,15,17,21,28H,5,10-11,13-14H2,1H3;(H,3,4)(H,5,6)/t17-,21+,23-;/m1./s1. The Labute approximate surface area is 221 Å². The topological polar surface area (TPSA) is 136 Å². The van der Waals surface area contributed by atoms with Crippen molar-refractivity contribution in [3.05, 3.63) is 71.8 Å². The number of hydrogen-bond donors (Lipinski definition) is 3. The van der Waals surface area contributed by atoms with Crippen LogP contribution in [-0.2, 0) is 20.5 Å². The Kier molecular flexibility index (Phi) is 8.21. The Bertz CT molecular complexity index is 1300. The van der Waals surface area contributed by atoms with Crippen molar-refractivity contribution >= 4 is 11.9 Å². The van der Waals surface area contributed by atoms with Gasteiger partial charge < -0.3 is 25.0 Å². The third kappa shape index (κ3) is 6.04. The monoisotopic (exact) mass is 548 g/mol. The van der Waals surface area contributed by atoms with Gasteiger partial charge in [-0.15, -0.1) is 10.2 Å². The Morgan fingerprint density at radius 2 is 1.87 bits per heavy atom. The van der Waals surface area contributed by atoms with Crippen molar-refractivity contribution in [1.82, 2.24) is 20.1 Å². The summed E-state index contributed by atoms with van der Waals surface area (Å²) in [5.74, 6) is -4.09. The van der Waals surface area contributed by atoms with Gasteiger partial charge in [0.25, 0.3) is 0 Å². The maximum atomic E-state index is 13.4. The van der Waals surface area contributed by atoms with E-state index in [1.807, 2.05) is 18.2 Å². The number of aliphatic carboxylic acids is 2. The van der Waals surface area contributed by atoms with Gasteiger partial charge in [-0.2, -0.15) is 13.2 Å². The molecule has 3 atom stereocenters. The van der Waals surface area contributed by atoms with Gasteiger partial charge in [-0.25, -0.2) is 9.59 Å². The number of alkyl halides is 3. The summed E-state index contributed by atoms with van der Waals surface area (Å²) >= 11 is 0. The molecule has 13 heteroatoms. The maximum Gasteiger partial charge on any atom is 0.452 e. The lowest BCUT2D eigenvalue weighted by Crippen LogP contribution is -2.48. The van der Waals surface area contributed by atoms with Gasteiger partial charge in [-0.05, 0) is 49.6 Å². The number of piperidine rings is 1. The van der Waals surface area contributed by atoms with E-state index in [9.17, 15) is 13.2 Å². The van der Waals surface area contributed by atoms with Crippen LogP contribution >= 0.6 is 0 Å². The molecule has 0 amide bonds. The first kappa shape index (κ1) is 28.0. The number of carboxylic acids is 2. The SMILES string of the molecule is COc1ccc(-n2cnnc2C(F)(F)F)cc1[C@H]1CO[C@]2(CCCN[C@H]2c2ccccc2)C1.O=C(O)C(=O)O. The molecule has 10 nitrogen and oxygen atoms in total. The molecule has 3 heterocycles. The molecule has 0 aliphatic carbocycles. The molecule has 208 valence electrons. The van der Waals surface area contributed by atoms with Crippen molar-refractivity contribution in [2.75, 3.05) is 20.3 Å². The molecular formula is C26H27F3N4O6. The first-order valence-corrected chi connectivity index (χ1v) is 12.1. The molecule has 0 unspecified atom stereocenters. The number of nitrogens with one attached hydrogen (secondary N) is 1. The molecule has 39 heavy (non-hydrogen) atoms. The summed E-state index contributed by atoms with van der Waals surface area (Å²) < 4.78 is 53.2. The molecule has 5 rings (SSSR count). The summed E-state index contributed by atoms with van der Waals surface area (Å²) in [5, 5.41) is 25.2. The molecule has 3 aromatic rings. The Morgan fingerprint density at radius 1 is 1.15 bits per heavy atom. The normalized spacial score (nSPS) is 22.7. The minimum atomic E-state index is -4.60. The Hall–Kier alpha value is -3.97. The van der Waals surface area contributed by atoms with Crippen molar-refractivity contribution in [3.63, 3.8) is 0 Å². The first-order valence-electron chi connectivity index (χ1n) is 12.1. The van der Waals surface area contributed by atoms with Crippen LogP contribution in [-0.4, -0.2) is 62.8 Å². The molecule has 1 spiro atoms. The summed E-state index contributed by atoms with van der Waals surface area (Å²) in [6.45, 7) is 1.39. The Morgan fingerprint density at radius 3 is 2.51 bits per heavy atom. The quantitative estimate of drug-likeness (QED) is 0.416. The lowest BCUT2D eigenvalue weighted by Gasteiger charge is -2.41. The van der Waals surface area contributed by atoms with Crippen LogP contribution in [0.5, 0.6) is 5.75 Å². The number of halogens is 3. The fourth-order valence-corrected chi connectivity index (χ4v) is 5.22. The highest BCUT2D eigenvalue weighted by atomic mass is 19.4. The molecule has 0 saturated carbocycles. The van der Waals surface area contributed by atoms with E-state index in [1.165, 1.54) is 5.56 Å². The fraction of sp³-hybridized carbons (Fsp3) is 0.385. The minimum Gasteiger partial charge on any atom is -0.496 e. The number of carbonyl (C=O) groups is 2. The number of methoxy groups -OCH3 is 1. The molecule has 0 radical (unpaired) electrons. The highest BCUT2D eigenvalue weighted by Crippen LogP contribution is 2.49. The molecular weight excluding hydrogens is 521 g/mol. The molecule has 2 aliphatic rings. The average molecular weight is 549 g/mol. The van der Waals surface area contributed by atoms with Crippen LogP contribution in [0.4, 0.5) is 13.2 Å². The van der Waals surface area contributed by atoms with Gasteiger partial charge in [-0.1, -0.05) is 30.3 Å². The van der Waals surface area contributed by atoms with Crippen LogP contribution in [0.2, 0.25) is 0 Å². The molecule has 2 saturated heterocycles. The highest BCUT2D eigenvalue weighted by Gasteiger charge is 2.49. The molecule has 3 N–H and O–H groups in total. The van der Waals surface area contributed by atoms with Crippen LogP contribution < -0.4 is 10.1 Å². The summed E-state index contributed by atoms with van der Waals surface area (Å²) in [5.41, 5.74) is 1.97. The summed E-state index contributed by atoms with van der Waals surface area (Å²) in [7, 11) is 1.57. The van der Waals surface area contributed by atoms with Gasteiger partial charge in [-0.3, -0.25) is 4.57 Å². The molecule has 2 fully saturated rings. The van der Waals surface area contributed by atoms with Crippen LogP contribution in [0.25, 0.3) is 5.69 Å². The predicted octanol–water partition coefficient (Wildman–Crippen LogP) is 3.82. The number of rotatable bonds is 4. The fourth-order valence-electron chi connectivity index (χ4n) is 5.22. The number of nitrogens with zero attached hydrogens (tertiary/aromatic N) is 3. The first-order chi connectivity index (χ1) is 18.6. The zero-order valence-electron chi connectivity index (χ0n) is 20.9. The molecule has 2 aromatic carbocycles. The lowest BCUT2D eigenvalue weighted by molar-refractivity contribution is -0.159. The van der Waals surface area contributed by atoms with E-state index < -0.39 is 23.9 Å². The van der Waals surface area contributed by atoms with Crippen LogP contribution in [0.15, 0.2) is 54.9 Å². The van der Waals surface area contributed by atoms with E-state index in [1.54, 1.807) is 25.3 Å². The highest BCUT2D eigenvalue weighted by molar-refractivity contribution is 6.27. The van der Waals surface area contributed by atoms with Crippen molar-refractivity contribution in [1.29, 1.82) is 0 Å². The molecule has 1 aromatic heterocycles. The van der Waals surface area contributed by atoms with E-state index >= 15 is 0 Å². The Balaban J connectivity index is 0.000000531. The van der Waals surface area contributed by atoms with E-state index in [0.29, 0.717) is 18.0 Å². The second kappa shape index (κ2) is 11.4. The van der Waals surface area contributed by atoms with Gasteiger partial charge in [0.15, 0.2) is 0 Å². The third-order valence-electron chi connectivity index (χ3n) is 6.86. The van der Waals surface area contributed by atoms with Crippen LogP contribution in [0, 0.1) is 0 Å². The molecule has 0 bridgehead atoms. The van der Waals surface area contributed by atoms with Crippen molar-refractivity contribution < 1.29 is 42.4 Å².